The Kier molecular flexibility index (Phi) is 5.79. The molecule has 164 valence electrons. The number of alkyl halides is 3. The maximum atomic E-state index is 13.0. The van der Waals surface area contributed by atoms with Crippen LogP contribution in [0.5, 0.6) is 5.75 Å². The summed E-state index contributed by atoms with van der Waals surface area (Å²) in [5.74, 6) is -0.253. The molecule has 0 aliphatic carbocycles. The summed E-state index contributed by atoms with van der Waals surface area (Å²) in [5.41, 5.74) is 4.62. The largest absolute Gasteiger partial charge is 0.497 e. The molecule has 0 atom stereocenters. The van der Waals surface area contributed by atoms with Crippen LogP contribution < -0.4 is 15.6 Å². The summed E-state index contributed by atoms with van der Waals surface area (Å²) >= 11 is 0. The van der Waals surface area contributed by atoms with Crippen LogP contribution in [0.4, 0.5) is 13.2 Å². The molecule has 0 radical (unpaired) electrons. The third kappa shape index (κ3) is 4.70. The number of benzene rings is 2. The van der Waals surface area contributed by atoms with Crippen molar-refractivity contribution < 1.29 is 31.1 Å². The Hall–Kier alpha value is -3.38. The zero-order valence-corrected chi connectivity index (χ0v) is 16.9. The van der Waals surface area contributed by atoms with Gasteiger partial charge in [0.25, 0.3) is 0 Å². The van der Waals surface area contributed by atoms with Crippen molar-refractivity contribution in [2.45, 2.75) is 17.5 Å². The number of carbonyl (C=O) groups is 1. The van der Waals surface area contributed by atoms with Crippen molar-refractivity contribution in [2.24, 2.45) is 10.9 Å². The summed E-state index contributed by atoms with van der Waals surface area (Å²) < 4.78 is 70.0. The first-order valence-electron chi connectivity index (χ1n) is 8.65. The number of nitrogens with zero attached hydrogens (tertiary/aromatic N) is 2. The normalized spacial score (nSPS) is 12.0. The highest BCUT2D eigenvalue weighted by atomic mass is 32.2. The molecule has 4 N–H and O–H groups in total. The van der Waals surface area contributed by atoms with E-state index in [0.29, 0.717) is 23.7 Å². The number of primary sulfonamides is 1. The molecular formula is C19H17F3N4O4S. The summed E-state index contributed by atoms with van der Waals surface area (Å²) in [5, 5.41) is 9.09. The second-order valence-electron chi connectivity index (χ2n) is 6.54. The molecule has 12 heteroatoms. The Morgan fingerprint density at radius 1 is 1.16 bits per heavy atom. The van der Waals surface area contributed by atoms with Crippen molar-refractivity contribution in [2.75, 3.05) is 7.11 Å². The van der Waals surface area contributed by atoms with Crippen LogP contribution >= 0.6 is 0 Å². The number of ether oxygens (including phenoxy) is 1. The van der Waals surface area contributed by atoms with Crippen molar-refractivity contribution in [3.8, 4) is 22.6 Å². The number of halogens is 3. The van der Waals surface area contributed by atoms with Crippen LogP contribution in [0.3, 0.4) is 0 Å². The summed E-state index contributed by atoms with van der Waals surface area (Å²) in [7, 11) is -3.04. The lowest BCUT2D eigenvalue weighted by molar-refractivity contribution is -0.137. The zero-order valence-electron chi connectivity index (χ0n) is 16.1. The lowest BCUT2D eigenvalue weighted by Gasteiger charge is -2.18. The summed E-state index contributed by atoms with van der Waals surface area (Å²) in [6, 6.07) is 8.78. The molecule has 0 unspecified atom stereocenters. The van der Waals surface area contributed by atoms with Gasteiger partial charge in [-0.15, -0.1) is 0 Å². The lowest BCUT2D eigenvalue weighted by Crippen LogP contribution is -2.20. The molecule has 0 bridgehead atoms. The molecule has 2 aromatic carbocycles. The highest BCUT2D eigenvalue weighted by Gasteiger charge is 2.33. The molecule has 1 amide bonds. The second kappa shape index (κ2) is 8.04. The summed E-state index contributed by atoms with van der Waals surface area (Å²) in [6.07, 6.45) is -3.78. The zero-order chi connectivity index (χ0) is 23.0. The van der Waals surface area contributed by atoms with Crippen molar-refractivity contribution >= 4 is 15.9 Å². The first-order chi connectivity index (χ1) is 14.4. The number of nitrogens with two attached hydrogens (primary N) is 2. The second-order valence-corrected chi connectivity index (χ2v) is 8.03. The third-order valence-electron chi connectivity index (χ3n) is 4.41. The van der Waals surface area contributed by atoms with E-state index in [1.165, 1.54) is 31.4 Å². The molecule has 0 saturated heterocycles. The van der Waals surface area contributed by atoms with E-state index in [2.05, 4.69) is 5.10 Å². The Balaban J connectivity index is 2.35. The van der Waals surface area contributed by atoms with Gasteiger partial charge < -0.3 is 10.5 Å². The fourth-order valence-corrected chi connectivity index (χ4v) is 4.08. The highest BCUT2D eigenvalue weighted by molar-refractivity contribution is 7.89. The maximum absolute atomic E-state index is 13.0. The molecule has 0 aliphatic rings. The number of primary amides is 1. The van der Waals surface area contributed by atoms with E-state index in [1.807, 2.05) is 0 Å². The molecule has 0 saturated carbocycles. The van der Waals surface area contributed by atoms with Crippen LogP contribution in [-0.4, -0.2) is 31.2 Å². The van der Waals surface area contributed by atoms with Gasteiger partial charge >= 0.3 is 6.18 Å². The van der Waals surface area contributed by atoms with E-state index in [0.717, 1.165) is 4.68 Å². The highest BCUT2D eigenvalue weighted by Crippen LogP contribution is 2.37. The van der Waals surface area contributed by atoms with Gasteiger partial charge in [-0.1, -0.05) is 18.2 Å². The Bertz CT molecular complexity index is 1240. The minimum atomic E-state index is -4.68. The third-order valence-corrected chi connectivity index (χ3v) is 5.39. The SMILES string of the molecule is COc1ccc(-c2c(CC(N)=O)ccc(-n3cc(C(F)(F)F)cn3)c2S(N)(=O)=O)cc1. The predicted octanol–water partition coefficient (Wildman–Crippen LogP) is 2.24. The number of amides is 1. The molecule has 1 heterocycles. The molecule has 31 heavy (non-hydrogen) atoms. The molecule has 0 fully saturated rings. The van der Waals surface area contributed by atoms with Crippen LogP contribution in [0.25, 0.3) is 16.8 Å². The quantitative estimate of drug-likeness (QED) is 0.590. The number of hydrogen-bond donors (Lipinski definition) is 2. The van der Waals surface area contributed by atoms with E-state index < -0.39 is 32.6 Å². The molecule has 3 aromatic rings. The fourth-order valence-electron chi connectivity index (χ4n) is 3.09. The van der Waals surface area contributed by atoms with Crippen LogP contribution in [0.1, 0.15) is 11.1 Å². The van der Waals surface area contributed by atoms with Crippen LogP contribution in [0, 0.1) is 0 Å². The fraction of sp³-hybridized carbons (Fsp3) is 0.158. The summed E-state index contributed by atoms with van der Waals surface area (Å²) in [6.45, 7) is 0. The molecule has 3 rings (SSSR count). The van der Waals surface area contributed by atoms with E-state index in [-0.39, 0.29) is 23.2 Å². The number of methoxy groups -OCH3 is 1. The van der Waals surface area contributed by atoms with Gasteiger partial charge in [-0.3, -0.25) is 4.79 Å². The average Bonchev–Trinajstić information content (AvgIpc) is 3.17. The molecular weight excluding hydrogens is 437 g/mol. The Morgan fingerprint density at radius 3 is 2.29 bits per heavy atom. The van der Waals surface area contributed by atoms with Crippen molar-refractivity contribution in [3.05, 3.63) is 59.9 Å². The van der Waals surface area contributed by atoms with Crippen molar-refractivity contribution in [3.63, 3.8) is 0 Å². The molecule has 1 aromatic heterocycles. The Morgan fingerprint density at radius 2 is 1.81 bits per heavy atom. The molecule has 8 nitrogen and oxygen atoms in total. The minimum absolute atomic E-state index is 0.0329. The van der Waals surface area contributed by atoms with E-state index in [4.69, 9.17) is 15.6 Å². The smallest absolute Gasteiger partial charge is 0.419 e. The van der Waals surface area contributed by atoms with E-state index in [9.17, 15) is 26.4 Å². The van der Waals surface area contributed by atoms with Gasteiger partial charge in [0.05, 0.1) is 31.0 Å². The van der Waals surface area contributed by atoms with Gasteiger partial charge in [0, 0.05) is 11.8 Å². The molecule has 0 spiro atoms. The summed E-state index contributed by atoms with van der Waals surface area (Å²) in [4.78, 5) is 11.1. The van der Waals surface area contributed by atoms with Crippen molar-refractivity contribution in [1.82, 2.24) is 9.78 Å². The number of aromatic nitrogens is 2. The monoisotopic (exact) mass is 454 g/mol. The van der Waals surface area contributed by atoms with Crippen molar-refractivity contribution in [1.29, 1.82) is 0 Å². The van der Waals surface area contributed by atoms with Gasteiger partial charge in [-0.25, -0.2) is 18.2 Å². The van der Waals surface area contributed by atoms with Gasteiger partial charge in [0.15, 0.2) is 0 Å². The number of rotatable bonds is 6. The first-order valence-corrected chi connectivity index (χ1v) is 10.2. The number of sulfonamides is 1. The Labute approximate surface area is 175 Å². The van der Waals surface area contributed by atoms with Crippen LogP contribution in [-0.2, 0) is 27.4 Å². The van der Waals surface area contributed by atoms with Crippen LogP contribution in [0.2, 0.25) is 0 Å². The van der Waals surface area contributed by atoms with E-state index in [1.54, 1.807) is 12.1 Å². The number of carbonyl (C=O) groups excluding carboxylic acids is 1. The van der Waals surface area contributed by atoms with Crippen LogP contribution in [0.15, 0.2) is 53.7 Å². The minimum Gasteiger partial charge on any atom is -0.497 e. The average molecular weight is 454 g/mol. The lowest BCUT2D eigenvalue weighted by atomic mass is 9.96. The van der Waals surface area contributed by atoms with Gasteiger partial charge in [0.2, 0.25) is 15.9 Å². The van der Waals surface area contributed by atoms with Gasteiger partial charge in [-0.2, -0.15) is 18.3 Å². The standard InChI is InChI=1S/C19H17F3N4O4S/c1-30-14-5-2-11(3-6-14)17-12(8-16(23)27)4-7-15(18(17)31(24,28)29)26-10-13(9-25-26)19(20,21)22/h2-7,9-10H,8H2,1H3,(H2,23,27)(H2,24,28,29). The topological polar surface area (TPSA) is 130 Å². The number of hydrogen-bond acceptors (Lipinski definition) is 5. The first kappa shape index (κ1) is 22.3. The molecule has 0 aliphatic heterocycles. The maximum Gasteiger partial charge on any atom is 0.419 e. The van der Waals surface area contributed by atoms with Gasteiger partial charge in [0.1, 0.15) is 10.6 Å². The van der Waals surface area contributed by atoms with E-state index >= 15 is 0 Å². The predicted molar refractivity (Wildman–Crippen MR) is 105 cm³/mol. The van der Waals surface area contributed by atoms with Gasteiger partial charge in [-0.05, 0) is 29.3 Å².